The Balaban J connectivity index is 2.00. The summed E-state index contributed by atoms with van der Waals surface area (Å²) in [4.78, 5) is 32.0. The molecular formula is C22H24N4O2. The maximum atomic E-state index is 13.4. The van der Waals surface area contributed by atoms with Crippen LogP contribution in [0.25, 0.3) is 5.52 Å². The molecule has 2 amide bonds. The van der Waals surface area contributed by atoms with Gasteiger partial charge in [0.1, 0.15) is 0 Å². The minimum atomic E-state index is -0.348. The summed E-state index contributed by atoms with van der Waals surface area (Å²) >= 11 is 0. The van der Waals surface area contributed by atoms with Crippen LogP contribution in [-0.4, -0.2) is 38.7 Å². The molecule has 28 heavy (non-hydrogen) atoms. The molecule has 2 heterocycles. The van der Waals surface area contributed by atoms with Gasteiger partial charge in [0.25, 0.3) is 11.8 Å². The number of imidazole rings is 1. The number of carbonyl (C=O) groups is 2. The monoisotopic (exact) mass is 376 g/mol. The van der Waals surface area contributed by atoms with Gasteiger partial charge in [-0.1, -0.05) is 42.5 Å². The van der Waals surface area contributed by atoms with Crippen LogP contribution in [-0.2, 0) is 6.54 Å². The molecule has 6 nitrogen and oxygen atoms in total. The molecule has 0 radical (unpaired) electrons. The van der Waals surface area contributed by atoms with Crippen LogP contribution in [0.1, 0.15) is 40.5 Å². The number of benzene rings is 1. The summed E-state index contributed by atoms with van der Waals surface area (Å²) in [6.45, 7) is 8.34. The molecule has 0 aliphatic heterocycles. The van der Waals surface area contributed by atoms with Crippen LogP contribution in [0.15, 0.2) is 67.4 Å². The summed E-state index contributed by atoms with van der Waals surface area (Å²) in [5.41, 5.74) is 1.92. The number of nitrogens with one attached hydrogen (secondary N) is 1. The molecule has 0 aliphatic carbocycles. The summed E-state index contributed by atoms with van der Waals surface area (Å²) in [5.74, 6) is -0.367. The van der Waals surface area contributed by atoms with Crippen molar-refractivity contribution in [3.05, 3.63) is 84.5 Å². The van der Waals surface area contributed by atoms with Gasteiger partial charge in [-0.3, -0.25) is 14.0 Å². The summed E-state index contributed by atoms with van der Waals surface area (Å²) < 4.78 is 1.65. The van der Waals surface area contributed by atoms with E-state index in [-0.39, 0.29) is 29.4 Å². The van der Waals surface area contributed by atoms with Crippen LogP contribution < -0.4 is 5.32 Å². The second-order valence-corrected chi connectivity index (χ2v) is 6.75. The number of nitrogens with zero attached hydrogens (tertiary/aromatic N) is 3. The van der Waals surface area contributed by atoms with Crippen molar-refractivity contribution in [3.63, 3.8) is 0 Å². The molecule has 144 valence electrons. The molecule has 0 saturated carbocycles. The predicted molar refractivity (Wildman–Crippen MR) is 109 cm³/mol. The lowest BCUT2D eigenvalue weighted by Gasteiger charge is -2.26. The first kappa shape index (κ1) is 19.4. The van der Waals surface area contributed by atoms with E-state index >= 15 is 0 Å². The van der Waals surface area contributed by atoms with Gasteiger partial charge in [-0.25, -0.2) is 4.98 Å². The second-order valence-electron chi connectivity index (χ2n) is 6.75. The van der Waals surface area contributed by atoms with Crippen LogP contribution in [0.2, 0.25) is 0 Å². The summed E-state index contributed by atoms with van der Waals surface area (Å²) in [6.07, 6.45) is 3.33. The van der Waals surface area contributed by atoms with Gasteiger partial charge in [-0.2, -0.15) is 0 Å². The number of hydrogen-bond donors (Lipinski definition) is 1. The molecular weight excluding hydrogens is 352 g/mol. The lowest BCUT2D eigenvalue weighted by atomic mass is 10.1. The molecule has 0 atom stereocenters. The molecule has 1 aromatic carbocycles. The Kier molecular flexibility index (Phi) is 5.89. The van der Waals surface area contributed by atoms with Crippen molar-refractivity contribution in [2.45, 2.75) is 26.4 Å². The molecule has 0 fully saturated rings. The lowest BCUT2D eigenvalue weighted by molar-refractivity contribution is 0.0687. The molecule has 0 spiro atoms. The third-order valence-corrected chi connectivity index (χ3v) is 4.44. The predicted octanol–water partition coefficient (Wildman–Crippen LogP) is 3.30. The largest absolute Gasteiger partial charge is 0.346 e. The Labute approximate surface area is 164 Å². The summed E-state index contributed by atoms with van der Waals surface area (Å²) in [7, 11) is 0. The molecule has 3 rings (SSSR count). The van der Waals surface area contributed by atoms with E-state index in [0.29, 0.717) is 18.6 Å². The number of pyridine rings is 1. The number of fused-ring (bicyclic) bond motifs is 1. The zero-order valence-electron chi connectivity index (χ0n) is 16.1. The molecule has 0 bridgehead atoms. The van der Waals surface area contributed by atoms with Gasteiger partial charge in [0.2, 0.25) is 5.82 Å². The smallest absolute Gasteiger partial charge is 0.287 e. The SMILES string of the molecule is C=CCNC(=O)c1nc(C(=O)N(Cc2ccccc2)C(C)C)c2ccccn12. The number of amides is 2. The van der Waals surface area contributed by atoms with Crippen LogP contribution in [0.3, 0.4) is 0 Å². The highest BCUT2D eigenvalue weighted by Crippen LogP contribution is 2.18. The van der Waals surface area contributed by atoms with Gasteiger partial charge in [0.15, 0.2) is 5.69 Å². The normalized spacial score (nSPS) is 10.8. The Morgan fingerprint density at radius 3 is 2.57 bits per heavy atom. The van der Waals surface area contributed by atoms with Crippen molar-refractivity contribution < 1.29 is 9.59 Å². The van der Waals surface area contributed by atoms with Crippen LogP contribution in [0.5, 0.6) is 0 Å². The average Bonchev–Trinajstić information content (AvgIpc) is 3.10. The highest BCUT2D eigenvalue weighted by Gasteiger charge is 2.26. The zero-order valence-corrected chi connectivity index (χ0v) is 16.1. The number of hydrogen-bond acceptors (Lipinski definition) is 3. The Hall–Kier alpha value is -3.41. The van der Waals surface area contributed by atoms with Gasteiger partial charge >= 0.3 is 0 Å². The molecule has 0 unspecified atom stereocenters. The van der Waals surface area contributed by atoms with Gasteiger partial charge in [0, 0.05) is 25.3 Å². The minimum Gasteiger partial charge on any atom is -0.346 e. The fourth-order valence-corrected chi connectivity index (χ4v) is 3.00. The zero-order chi connectivity index (χ0) is 20.1. The van der Waals surface area contributed by atoms with Gasteiger partial charge in [-0.05, 0) is 31.5 Å². The van der Waals surface area contributed by atoms with Crippen molar-refractivity contribution in [1.82, 2.24) is 19.6 Å². The Morgan fingerprint density at radius 1 is 1.18 bits per heavy atom. The number of rotatable bonds is 7. The van der Waals surface area contributed by atoms with Gasteiger partial charge in [0.05, 0.1) is 5.52 Å². The molecule has 3 aromatic rings. The van der Waals surface area contributed by atoms with Crippen molar-refractivity contribution >= 4 is 17.3 Å². The van der Waals surface area contributed by atoms with Gasteiger partial charge < -0.3 is 10.2 Å². The topological polar surface area (TPSA) is 66.7 Å². The minimum absolute atomic E-state index is 0.0220. The Morgan fingerprint density at radius 2 is 1.89 bits per heavy atom. The van der Waals surface area contributed by atoms with E-state index in [0.717, 1.165) is 5.56 Å². The van der Waals surface area contributed by atoms with Crippen molar-refractivity contribution in [1.29, 1.82) is 0 Å². The van der Waals surface area contributed by atoms with Crippen molar-refractivity contribution in [2.24, 2.45) is 0 Å². The average molecular weight is 376 g/mol. The van der Waals surface area contributed by atoms with Crippen molar-refractivity contribution in [2.75, 3.05) is 6.54 Å². The first-order valence-electron chi connectivity index (χ1n) is 9.24. The van der Waals surface area contributed by atoms with E-state index in [4.69, 9.17) is 0 Å². The van der Waals surface area contributed by atoms with Crippen LogP contribution >= 0.6 is 0 Å². The highest BCUT2D eigenvalue weighted by molar-refractivity contribution is 6.02. The third kappa shape index (κ3) is 3.96. The molecule has 6 heteroatoms. The number of aromatic nitrogens is 2. The first-order chi connectivity index (χ1) is 13.5. The van der Waals surface area contributed by atoms with Crippen LogP contribution in [0.4, 0.5) is 0 Å². The maximum absolute atomic E-state index is 13.4. The fourth-order valence-electron chi connectivity index (χ4n) is 3.00. The Bertz CT molecular complexity index is 992. The van der Waals surface area contributed by atoms with Gasteiger partial charge in [-0.15, -0.1) is 6.58 Å². The van der Waals surface area contributed by atoms with E-state index in [1.54, 1.807) is 33.7 Å². The van der Waals surface area contributed by atoms with E-state index < -0.39 is 0 Å². The lowest BCUT2D eigenvalue weighted by Crippen LogP contribution is -2.36. The summed E-state index contributed by atoms with van der Waals surface area (Å²) in [6, 6.07) is 15.2. The highest BCUT2D eigenvalue weighted by atomic mass is 16.2. The molecule has 0 aliphatic rings. The number of carbonyl (C=O) groups excluding carboxylic acids is 2. The summed E-state index contributed by atoms with van der Waals surface area (Å²) in [5, 5.41) is 2.72. The van der Waals surface area contributed by atoms with E-state index in [2.05, 4.69) is 16.9 Å². The van der Waals surface area contributed by atoms with E-state index in [9.17, 15) is 9.59 Å². The maximum Gasteiger partial charge on any atom is 0.287 e. The molecule has 0 saturated heterocycles. The molecule has 2 aromatic heterocycles. The van der Waals surface area contributed by atoms with Crippen LogP contribution in [0, 0.1) is 0 Å². The van der Waals surface area contributed by atoms with Crippen molar-refractivity contribution in [3.8, 4) is 0 Å². The van der Waals surface area contributed by atoms with E-state index in [1.165, 1.54) is 0 Å². The third-order valence-electron chi connectivity index (χ3n) is 4.44. The second kappa shape index (κ2) is 8.52. The van der Waals surface area contributed by atoms with E-state index in [1.807, 2.05) is 50.2 Å². The fraction of sp³-hybridized carbons (Fsp3) is 0.227. The molecule has 1 N–H and O–H groups in total. The quantitative estimate of drug-likeness (QED) is 0.644. The first-order valence-corrected chi connectivity index (χ1v) is 9.24. The standard InChI is InChI=1S/C22H24N4O2/c1-4-13-23-21(27)20-24-19(18-12-8-9-14-25(18)20)22(28)26(16(2)3)15-17-10-6-5-7-11-17/h4-12,14,16H,1,13,15H2,2-3H3,(H,23,27).